The highest BCUT2D eigenvalue weighted by Crippen LogP contribution is 2.26. The van der Waals surface area contributed by atoms with Gasteiger partial charge in [-0.15, -0.1) is 0 Å². The molecule has 1 radical (unpaired) electrons. The van der Waals surface area contributed by atoms with Crippen LogP contribution in [0.25, 0.3) is 0 Å². The van der Waals surface area contributed by atoms with E-state index in [-0.39, 0.29) is 6.54 Å². The van der Waals surface area contributed by atoms with E-state index in [0.717, 1.165) is 10.9 Å². The van der Waals surface area contributed by atoms with Crippen LogP contribution < -0.4 is 0 Å². The van der Waals surface area contributed by atoms with Crippen LogP contribution in [0.3, 0.4) is 0 Å². The predicted octanol–water partition coefficient (Wildman–Crippen LogP) is 1.08. The lowest BCUT2D eigenvalue weighted by Gasteiger charge is -2.04. The first-order valence-corrected chi connectivity index (χ1v) is 3.60. The molecule has 1 aromatic rings. The van der Waals surface area contributed by atoms with Crippen LogP contribution in [0.5, 0.6) is 0 Å². The molecule has 1 rings (SSSR count). The Morgan fingerprint density at radius 2 is 2.31 bits per heavy atom. The highest BCUT2D eigenvalue weighted by atomic mass is 19.4. The van der Waals surface area contributed by atoms with E-state index in [0.29, 0.717) is 0 Å². The molecule has 73 valence electrons. The summed E-state index contributed by atoms with van der Waals surface area (Å²) in [5.41, 5.74) is -1.06. The van der Waals surface area contributed by atoms with Crippen molar-refractivity contribution in [3.05, 3.63) is 18.0 Å². The molecule has 0 aliphatic rings. The summed E-state index contributed by atoms with van der Waals surface area (Å²) in [6.45, 7) is 1.50. The summed E-state index contributed by atoms with van der Waals surface area (Å²) in [5.74, 6) is 0. The summed E-state index contributed by atoms with van der Waals surface area (Å²) >= 11 is 0. The zero-order chi connectivity index (χ0) is 10.1. The molecule has 0 amide bonds. The van der Waals surface area contributed by atoms with Crippen molar-refractivity contribution >= 4 is 0 Å². The molecule has 0 saturated carbocycles. The smallest absolute Gasteiger partial charge is 0.391 e. The maximum Gasteiger partial charge on any atom is 0.435 e. The zero-order valence-corrected chi connectivity index (χ0v) is 6.84. The van der Waals surface area contributed by atoms with Crippen LogP contribution in [0.4, 0.5) is 13.2 Å². The molecule has 0 aromatic carbocycles. The van der Waals surface area contributed by atoms with Gasteiger partial charge in [0.1, 0.15) is 0 Å². The average molecular weight is 193 g/mol. The Morgan fingerprint density at radius 1 is 1.69 bits per heavy atom. The third-order valence-corrected chi connectivity index (χ3v) is 1.30. The molecule has 13 heavy (non-hydrogen) atoms. The molecule has 0 fully saturated rings. The summed E-state index contributed by atoms with van der Waals surface area (Å²) in [4.78, 5) is 0. The normalized spacial score (nSPS) is 14.5. The molecule has 6 heteroatoms. The van der Waals surface area contributed by atoms with E-state index < -0.39 is 18.0 Å². The first kappa shape index (κ1) is 10.0. The molecule has 0 spiro atoms. The first-order valence-electron chi connectivity index (χ1n) is 3.60. The number of halogens is 3. The topological polar surface area (TPSA) is 38.0 Å². The number of hydrogen-bond donors (Lipinski definition) is 1. The zero-order valence-electron chi connectivity index (χ0n) is 6.84. The second-order valence-corrected chi connectivity index (χ2v) is 2.69. The Hall–Kier alpha value is -1.04. The molecule has 3 nitrogen and oxygen atoms in total. The molecule has 1 N–H and O–H groups in total. The minimum Gasteiger partial charge on any atom is -0.391 e. The van der Waals surface area contributed by atoms with Gasteiger partial charge in [0.15, 0.2) is 5.69 Å². The molecule has 1 heterocycles. The number of hydrogen-bond acceptors (Lipinski definition) is 2. The van der Waals surface area contributed by atoms with E-state index in [4.69, 9.17) is 5.11 Å². The molecule has 1 atom stereocenters. The van der Waals surface area contributed by atoms with Crippen LogP contribution in [0.1, 0.15) is 12.6 Å². The number of alkyl halides is 3. The van der Waals surface area contributed by atoms with Crippen LogP contribution in [0.2, 0.25) is 0 Å². The van der Waals surface area contributed by atoms with Crippen LogP contribution in [0, 0.1) is 6.07 Å². The monoisotopic (exact) mass is 193 g/mol. The molecule has 1 aromatic heterocycles. The lowest BCUT2D eigenvalue weighted by Crippen LogP contribution is -2.14. The molecule has 1 unspecified atom stereocenters. The molecule has 0 aliphatic carbocycles. The van der Waals surface area contributed by atoms with Crippen molar-refractivity contribution in [2.75, 3.05) is 0 Å². The highest BCUT2D eigenvalue weighted by molar-refractivity contribution is 5.00. The van der Waals surface area contributed by atoms with Gasteiger partial charge in [0.05, 0.1) is 12.6 Å². The van der Waals surface area contributed by atoms with Crippen molar-refractivity contribution in [2.24, 2.45) is 0 Å². The predicted molar refractivity (Wildman–Crippen MR) is 37.7 cm³/mol. The molecule has 0 bridgehead atoms. The van der Waals surface area contributed by atoms with Crippen molar-refractivity contribution in [3.8, 4) is 0 Å². The van der Waals surface area contributed by atoms with Crippen molar-refractivity contribution in [3.63, 3.8) is 0 Å². The van der Waals surface area contributed by atoms with Gasteiger partial charge in [-0.05, 0) is 6.92 Å². The Bertz CT molecular complexity index is 280. The lowest BCUT2D eigenvalue weighted by molar-refractivity contribution is -0.141. The molecule has 0 aliphatic heterocycles. The number of nitrogens with zero attached hydrogens (tertiary/aromatic N) is 2. The summed E-state index contributed by atoms with van der Waals surface area (Å²) in [5, 5.41) is 12.1. The second kappa shape index (κ2) is 3.37. The number of aromatic nitrogens is 2. The van der Waals surface area contributed by atoms with Gasteiger partial charge in [-0.1, -0.05) is 0 Å². The van der Waals surface area contributed by atoms with Crippen molar-refractivity contribution in [1.29, 1.82) is 0 Å². The van der Waals surface area contributed by atoms with Crippen LogP contribution in [0.15, 0.2) is 6.20 Å². The summed E-state index contributed by atoms with van der Waals surface area (Å²) in [7, 11) is 0. The van der Waals surface area contributed by atoms with Gasteiger partial charge in [-0.3, -0.25) is 4.68 Å². The van der Waals surface area contributed by atoms with E-state index in [1.807, 2.05) is 6.07 Å². The minimum atomic E-state index is -4.47. The van der Waals surface area contributed by atoms with E-state index in [1.54, 1.807) is 0 Å². The van der Waals surface area contributed by atoms with Crippen LogP contribution >= 0.6 is 0 Å². The second-order valence-electron chi connectivity index (χ2n) is 2.69. The van der Waals surface area contributed by atoms with Gasteiger partial charge in [0.2, 0.25) is 0 Å². The Balaban J connectivity index is 2.75. The third-order valence-electron chi connectivity index (χ3n) is 1.30. The maximum absolute atomic E-state index is 12.0. The van der Waals surface area contributed by atoms with Crippen LogP contribution in [-0.2, 0) is 12.7 Å². The number of rotatable bonds is 2. The van der Waals surface area contributed by atoms with E-state index in [9.17, 15) is 13.2 Å². The summed E-state index contributed by atoms with van der Waals surface area (Å²) in [6.07, 6.45) is -4.13. The van der Waals surface area contributed by atoms with Crippen molar-refractivity contribution in [2.45, 2.75) is 25.7 Å². The third kappa shape index (κ3) is 2.73. The molecular formula is C7H8F3N2O. The average Bonchev–Trinajstić information content (AvgIpc) is 2.32. The van der Waals surface area contributed by atoms with Gasteiger partial charge in [0, 0.05) is 12.3 Å². The highest BCUT2D eigenvalue weighted by Gasteiger charge is 2.33. The van der Waals surface area contributed by atoms with Crippen LogP contribution in [-0.4, -0.2) is 21.0 Å². The quantitative estimate of drug-likeness (QED) is 0.763. The fraction of sp³-hybridized carbons (Fsp3) is 0.571. The van der Waals surface area contributed by atoms with Crippen molar-refractivity contribution < 1.29 is 18.3 Å². The molecule has 0 saturated heterocycles. The summed E-state index contributed by atoms with van der Waals surface area (Å²) in [6, 6.07) is 1.97. The van der Waals surface area contributed by atoms with Gasteiger partial charge in [-0.25, -0.2) is 0 Å². The lowest BCUT2D eigenvalue weighted by atomic mass is 10.4. The van der Waals surface area contributed by atoms with Gasteiger partial charge >= 0.3 is 6.18 Å². The van der Waals surface area contributed by atoms with Gasteiger partial charge in [-0.2, -0.15) is 18.3 Å². The van der Waals surface area contributed by atoms with Gasteiger partial charge in [0.25, 0.3) is 0 Å². The number of aliphatic hydroxyl groups excluding tert-OH is 1. The fourth-order valence-electron chi connectivity index (χ4n) is 0.825. The summed E-state index contributed by atoms with van der Waals surface area (Å²) < 4.78 is 36.9. The first-order chi connectivity index (χ1) is 5.89. The SMILES string of the molecule is CC(O)Cn1c[c]c(C(F)(F)F)n1. The Morgan fingerprint density at radius 3 is 2.69 bits per heavy atom. The van der Waals surface area contributed by atoms with Crippen molar-refractivity contribution in [1.82, 2.24) is 9.78 Å². The van der Waals surface area contributed by atoms with Gasteiger partial charge < -0.3 is 5.11 Å². The standard InChI is InChI=1S/C7H8F3N2O/c1-5(13)4-12-3-2-6(11-12)7(8,9)10/h3,5,13H,4H2,1H3. The van der Waals surface area contributed by atoms with E-state index in [1.165, 1.54) is 6.92 Å². The fourth-order valence-corrected chi connectivity index (χ4v) is 0.825. The van der Waals surface area contributed by atoms with E-state index in [2.05, 4.69) is 5.10 Å². The largest absolute Gasteiger partial charge is 0.435 e. The maximum atomic E-state index is 12.0. The Labute approximate surface area is 72.8 Å². The Kier molecular flexibility index (Phi) is 2.60. The van der Waals surface area contributed by atoms with E-state index >= 15 is 0 Å². The minimum absolute atomic E-state index is 0.0343. The number of aliphatic hydroxyl groups is 1. The molecular weight excluding hydrogens is 185 g/mol.